The minimum atomic E-state index is -0.485. The summed E-state index contributed by atoms with van der Waals surface area (Å²) in [6.45, 7) is 2.87. The molecule has 1 heterocycles. The lowest BCUT2D eigenvalue weighted by Gasteiger charge is -2.37. The van der Waals surface area contributed by atoms with Gasteiger partial charge in [-0.2, -0.15) is 5.26 Å². The van der Waals surface area contributed by atoms with E-state index in [0.717, 1.165) is 18.8 Å². The zero-order chi connectivity index (χ0) is 15.5. The molecule has 112 valence electrons. The highest BCUT2D eigenvalue weighted by atomic mass is 19.1. The van der Waals surface area contributed by atoms with Gasteiger partial charge in [-0.3, -0.25) is 0 Å². The second-order valence-corrected chi connectivity index (χ2v) is 5.20. The van der Waals surface area contributed by atoms with Crippen molar-refractivity contribution in [2.45, 2.75) is 0 Å². The molecular weight excluding hydrogens is 284 g/mol. The fraction of sp³-hybridized carbons (Fsp3) is 0.235. The number of anilines is 2. The van der Waals surface area contributed by atoms with Crippen LogP contribution in [0.15, 0.2) is 42.5 Å². The van der Waals surface area contributed by atoms with Crippen LogP contribution in [0.2, 0.25) is 0 Å². The second kappa shape index (κ2) is 6.02. The summed E-state index contributed by atoms with van der Waals surface area (Å²) in [5.41, 5.74) is 1.71. The highest BCUT2D eigenvalue weighted by Crippen LogP contribution is 2.25. The van der Waals surface area contributed by atoms with Crippen molar-refractivity contribution < 1.29 is 8.78 Å². The quantitative estimate of drug-likeness (QED) is 0.853. The van der Waals surface area contributed by atoms with Crippen LogP contribution in [0.4, 0.5) is 20.2 Å². The molecule has 0 amide bonds. The van der Waals surface area contributed by atoms with Crippen molar-refractivity contribution in [3.05, 3.63) is 59.7 Å². The first-order valence-electron chi connectivity index (χ1n) is 7.13. The van der Waals surface area contributed by atoms with Crippen LogP contribution in [0.25, 0.3) is 0 Å². The molecule has 22 heavy (non-hydrogen) atoms. The van der Waals surface area contributed by atoms with Gasteiger partial charge in [0.1, 0.15) is 23.3 Å². The monoisotopic (exact) mass is 299 g/mol. The van der Waals surface area contributed by atoms with Gasteiger partial charge in [0, 0.05) is 31.9 Å². The summed E-state index contributed by atoms with van der Waals surface area (Å²) in [6, 6.07) is 13.0. The van der Waals surface area contributed by atoms with Crippen LogP contribution in [-0.4, -0.2) is 26.2 Å². The Kier molecular flexibility index (Phi) is 3.92. The van der Waals surface area contributed by atoms with Gasteiger partial charge in [0.15, 0.2) is 0 Å². The van der Waals surface area contributed by atoms with Gasteiger partial charge >= 0.3 is 0 Å². The van der Waals surface area contributed by atoms with E-state index >= 15 is 0 Å². The molecule has 0 atom stereocenters. The standard InChI is InChI=1S/C17H15F2N3/c18-13-4-6-14(7-5-13)21-8-10-22(11-9-21)17-3-1-2-16(19)15(17)12-20/h1-7H,8-11H2. The summed E-state index contributed by atoms with van der Waals surface area (Å²) in [5, 5.41) is 9.12. The Labute approximate surface area is 128 Å². The Hall–Kier alpha value is -2.61. The lowest BCUT2D eigenvalue weighted by atomic mass is 10.1. The first-order valence-corrected chi connectivity index (χ1v) is 7.13. The summed E-state index contributed by atoms with van der Waals surface area (Å²) >= 11 is 0. The van der Waals surface area contributed by atoms with Gasteiger partial charge in [0.25, 0.3) is 0 Å². The van der Waals surface area contributed by atoms with Gasteiger partial charge in [-0.25, -0.2) is 8.78 Å². The molecule has 0 saturated carbocycles. The van der Waals surface area contributed by atoms with Crippen LogP contribution in [0, 0.1) is 23.0 Å². The molecule has 0 N–H and O–H groups in total. The van der Waals surface area contributed by atoms with Crippen LogP contribution in [0.5, 0.6) is 0 Å². The van der Waals surface area contributed by atoms with E-state index in [1.54, 1.807) is 24.3 Å². The Morgan fingerprint density at radius 2 is 1.50 bits per heavy atom. The predicted molar refractivity (Wildman–Crippen MR) is 81.9 cm³/mol. The second-order valence-electron chi connectivity index (χ2n) is 5.20. The minimum Gasteiger partial charge on any atom is -0.368 e. The summed E-state index contributed by atoms with van der Waals surface area (Å²) in [6.07, 6.45) is 0. The molecule has 2 aromatic rings. The summed E-state index contributed by atoms with van der Waals surface area (Å²) in [5.74, 6) is -0.734. The number of nitriles is 1. The van der Waals surface area contributed by atoms with E-state index in [9.17, 15) is 8.78 Å². The predicted octanol–water partition coefficient (Wildman–Crippen LogP) is 3.16. The van der Waals surface area contributed by atoms with E-state index in [-0.39, 0.29) is 11.4 Å². The van der Waals surface area contributed by atoms with Gasteiger partial charge in [-0.1, -0.05) is 6.07 Å². The number of hydrogen-bond acceptors (Lipinski definition) is 3. The third-order valence-electron chi connectivity index (χ3n) is 3.92. The number of rotatable bonds is 2. The molecule has 0 radical (unpaired) electrons. The molecular formula is C17H15F2N3. The Morgan fingerprint density at radius 3 is 2.14 bits per heavy atom. The average molecular weight is 299 g/mol. The van der Waals surface area contributed by atoms with Crippen LogP contribution < -0.4 is 9.80 Å². The molecule has 1 saturated heterocycles. The van der Waals surface area contributed by atoms with Crippen molar-refractivity contribution in [3.8, 4) is 6.07 Å². The van der Waals surface area contributed by atoms with Gasteiger partial charge in [0.2, 0.25) is 0 Å². The maximum Gasteiger partial charge on any atom is 0.143 e. The molecule has 5 heteroatoms. The third-order valence-corrected chi connectivity index (χ3v) is 3.92. The number of hydrogen-bond donors (Lipinski definition) is 0. The van der Waals surface area contributed by atoms with Gasteiger partial charge in [-0.15, -0.1) is 0 Å². The Bertz CT molecular complexity index is 699. The van der Waals surface area contributed by atoms with Crippen LogP contribution in [0.1, 0.15) is 5.56 Å². The largest absolute Gasteiger partial charge is 0.368 e. The van der Waals surface area contributed by atoms with E-state index in [4.69, 9.17) is 5.26 Å². The van der Waals surface area contributed by atoms with Gasteiger partial charge in [0.05, 0.1) is 5.69 Å². The highest BCUT2D eigenvalue weighted by Gasteiger charge is 2.20. The molecule has 0 spiro atoms. The van der Waals surface area contributed by atoms with Gasteiger partial charge in [-0.05, 0) is 36.4 Å². The lowest BCUT2D eigenvalue weighted by Crippen LogP contribution is -2.46. The molecule has 0 bridgehead atoms. The Balaban J connectivity index is 1.74. The molecule has 0 aliphatic carbocycles. The Morgan fingerprint density at radius 1 is 0.864 bits per heavy atom. The molecule has 0 aromatic heterocycles. The van der Waals surface area contributed by atoms with E-state index in [2.05, 4.69) is 4.90 Å². The number of piperazine rings is 1. The number of benzene rings is 2. The highest BCUT2D eigenvalue weighted by molar-refractivity contribution is 5.61. The molecule has 3 rings (SSSR count). The molecule has 0 unspecified atom stereocenters. The lowest BCUT2D eigenvalue weighted by molar-refractivity contribution is 0.615. The first-order chi connectivity index (χ1) is 10.7. The van der Waals surface area contributed by atoms with E-state index in [0.29, 0.717) is 18.8 Å². The minimum absolute atomic E-state index is 0.0951. The molecule has 1 aliphatic rings. The average Bonchev–Trinajstić information content (AvgIpc) is 2.55. The summed E-state index contributed by atoms with van der Waals surface area (Å²) in [4.78, 5) is 4.17. The first kappa shape index (κ1) is 14.3. The maximum absolute atomic E-state index is 13.7. The summed E-state index contributed by atoms with van der Waals surface area (Å²) in [7, 11) is 0. The van der Waals surface area contributed by atoms with Crippen LogP contribution in [-0.2, 0) is 0 Å². The van der Waals surface area contributed by atoms with Gasteiger partial charge < -0.3 is 9.80 Å². The SMILES string of the molecule is N#Cc1c(F)cccc1N1CCN(c2ccc(F)cc2)CC1. The van der Waals surface area contributed by atoms with Crippen molar-refractivity contribution in [2.75, 3.05) is 36.0 Å². The fourth-order valence-electron chi connectivity index (χ4n) is 2.74. The van der Waals surface area contributed by atoms with Crippen LogP contribution >= 0.6 is 0 Å². The maximum atomic E-state index is 13.7. The van der Waals surface area contributed by atoms with Crippen molar-refractivity contribution >= 4 is 11.4 Å². The molecule has 3 nitrogen and oxygen atoms in total. The molecule has 1 aliphatic heterocycles. The molecule has 2 aromatic carbocycles. The fourth-order valence-corrected chi connectivity index (χ4v) is 2.74. The zero-order valence-corrected chi connectivity index (χ0v) is 12.0. The van der Waals surface area contributed by atoms with E-state index in [1.165, 1.54) is 18.2 Å². The van der Waals surface area contributed by atoms with E-state index in [1.807, 2.05) is 11.0 Å². The van der Waals surface area contributed by atoms with Crippen molar-refractivity contribution in [2.24, 2.45) is 0 Å². The third kappa shape index (κ3) is 2.73. The van der Waals surface area contributed by atoms with Crippen LogP contribution in [0.3, 0.4) is 0 Å². The van der Waals surface area contributed by atoms with Crippen molar-refractivity contribution in [1.82, 2.24) is 0 Å². The van der Waals surface area contributed by atoms with Crippen molar-refractivity contribution in [3.63, 3.8) is 0 Å². The number of nitrogens with zero attached hydrogens (tertiary/aromatic N) is 3. The number of halogens is 2. The summed E-state index contributed by atoms with van der Waals surface area (Å²) < 4.78 is 26.7. The molecule has 1 fully saturated rings. The zero-order valence-electron chi connectivity index (χ0n) is 12.0. The van der Waals surface area contributed by atoms with Crippen molar-refractivity contribution in [1.29, 1.82) is 5.26 Å². The topological polar surface area (TPSA) is 30.3 Å². The normalized spacial score (nSPS) is 14.8. The smallest absolute Gasteiger partial charge is 0.143 e. The van der Waals surface area contributed by atoms with E-state index < -0.39 is 5.82 Å².